The van der Waals surface area contributed by atoms with Gasteiger partial charge in [0.1, 0.15) is 11.6 Å². The summed E-state index contributed by atoms with van der Waals surface area (Å²) >= 11 is 0. The molecule has 0 aliphatic heterocycles. The van der Waals surface area contributed by atoms with Gasteiger partial charge in [-0.05, 0) is 36.5 Å². The largest absolute Gasteiger partial charge is 0.271 e. The number of halogens is 2. The lowest BCUT2D eigenvalue weighted by molar-refractivity contribution is 0.142. The Morgan fingerprint density at radius 2 is 1.89 bits per heavy atom. The monoisotopic (exact) mass is 254 g/mol. The van der Waals surface area contributed by atoms with Crippen LogP contribution in [0.1, 0.15) is 50.6 Å². The average molecular weight is 254 g/mol. The Kier molecular flexibility index (Phi) is 3.97. The van der Waals surface area contributed by atoms with E-state index in [1.165, 1.54) is 18.6 Å². The minimum absolute atomic E-state index is 0.109. The van der Waals surface area contributed by atoms with Gasteiger partial charge in [-0.1, -0.05) is 26.2 Å². The zero-order valence-corrected chi connectivity index (χ0v) is 10.7. The second-order valence-corrected chi connectivity index (χ2v) is 5.48. The van der Waals surface area contributed by atoms with Gasteiger partial charge < -0.3 is 0 Å². The van der Waals surface area contributed by atoms with Crippen LogP contribution in [0, 0.1) is 17.0 Å². The molecule has 0 heterocycles. The second-order valence-electron chi connectivity index (χ2n) is 5.48. The molecule has 18 heavy (non-hydrogen) atoms. The number of rotatable bonds is 3. The van der Waals surface area contributed by atoms with E-state index in [0.29, 0.717) is 5.56 Å². The highest BCUT2D eigenvalue weighted by molar-refractivity contribution is 5.24. The van der Waals surface area contributed by atoms with Gasteiger partial charge in [0.25, 0.3) is 0 Å². The summed E-state index contributed by atoms with van der Waals surface area (Å²) in [6.07, 6.45) is 5.41. The Morgan fingerprint density at radius 1 is 1.22 bits per heavy atom. The third-order valence-electron chi connectivity index (χ3n) is 4.13. The molecule has 1 fully saturated rings. The summed E-state index contributed by atoms with van der Waals surface area (Å²) in [6, 6.07) is 3.21. The molecule has 1 unspecified atom stereocenters. The van der Waals surface area contributed by atoms with E-state index in [1.807, 2.05) is 0 Å². The van der Waals surface area contributed by atoms with Crippen molar-refractivity contribution in [1.82, 2.24) is 5.43 Å². The summed E-state index contributed by atoms with van der Waals surface area (Å²) in [6.45, 7) is 2.10. The number of hydrazine groups is 1. The fraction of sp³-hybridized carbons (Fsp3) is 0.571. The Morgan fingerprint density at radius 3 is 2.50 bits per heavy atom. The molecule has 2 rings (SSSR count). The molecule has 0 radical (unpaired) electrons. The van der Waals surface area contributed by atoms with Crippen LogP contribution in [0.15, 0.2) is 18.2 Å². The number of nitrogens with one attached hydrogen (secondary N) is 1. The highest BCUT2D eigenvalue weighted by Gasteiger charge is 2.37. The predicted octanol–water partition coefficient (Wildman–Crippen LogP) is 3.44. The van der Waals surface area contributed by atoms with Crippen LogP contribution < -0.4 is 11.3 Å². The molecule has 0 bridgehead atoms. The minimum atomic E-state index is -0.425. The Bertz CT molecular complexity index is 414. The van der Waals surface area contributed by atoms with Crippen LogP contribution in [-0.4, -0.2) is 0 Å². The molecule has 1 saturated carbocycles. The summed E-state index contributed by atoms with van der Waals surface area (Å²) in [7, 11) is 0. The molecule has 1 aromatic carbocycles. The lowest BCUT2D eigenvalue weighted by Gasteiger charge is -2.40. The summed E-state index contributed by atoms with van der Waals surface area (Å²) in [5, 5.41) is 0. The fourth-order valence-corrected chi connectivity index (χ4v) is 3.05. The maximum Gasteiger partial charge on any atom is 0.128 e. The summed E-state index contributed by atoms with van der Waals surface area (Å²) in [5.74, 6) is 4.78. The first-order chi connectivity index (χ1) is 8.57. The molecule has 1 aromatic rings. The van der Waals surface area contributed by atoms with Gasteiger partial charge in [0.2, 0.25) is 0 Å². The van der Waals surface area contributed by atoms with E-state index in [1.54, 1.807) is 0 Å². The van der Waals surface area contributed by atoms with Crippen LogP contribution in [0.4, 0.5) is 8.78 Å². The van der Waals surface area contributed by atoms with E-state index in [0.717, 1.165) is 31.7 Å². The average Bonchev–Trinajstić information content (AvgIpc) is 2.35. The van der Waals surface area contributed by atoms with Crippen molar-refractivity contribution in [3.63, 3.8) is 0 Å². The van der Waals surface area contributed by atoms with Crippen molar-refractivity contribution < 1.29 is 8.78 Å². The standard InChI is InChI=1S/C14H20F2N2/c1-14(7-3-2-4-8-14)13(18-17)11-9-10(15)5-6-12(11)16/h5-6,9,13,18H,2-4,7-8,17H2,1H3. The van der Waals surface area contributed by atoms with E-state index in [4.69, 9.17) is 5.84 Å². The predicted molar refractivity (Wildman–Crippen MR) is 67.6 cm³/mol. The summed E-state index contributed by atoms with van der Waals surface area (Å²) < 4.78 is 27.2. The van der Waals surface area contributed by atoms with Gasteiger partial charge in [0.05, 0.1) is 6.04 Å². The van der Waals surface area contributed by atoms with Crippen LogP contribution in [0.2, 0.25) is 0 Å². The molecule has 0 spiro atoms. The molecule has 4 heteroatoms. The molecular weight excluding hydrogens is 234 g/mol. The SMILES string of the molecule is CC1(C(NN)c2cc(F)ccc2F)CCCCC1. The first kappa shape index (κ1) is 13.4. The minimum Gasteiger partial charge on any atom is -0.271 e. The van der Waals surface area contributed by atoms with Crippen molar-refractivity contribution >= 4 is 0 Å². The van der Waals surface area contributed by atoms with Crippen molar-refractivity contribution in [1.29, 1.82) is 0 Å². The van der Waals surface area contributed by atoms with Crippen molar-refractivity contribution in [2.75, 3.05) is 0 Å². The molecular formula is C14H20F2N2. The van der Waals surface area contributed by atoms with Gasteiger partial charge in [-0.3, -0.25) is 11.3 Å². The van der Waals surface area contributed by atoms with Crippen LogP contribution in [-0.2, 0) is 0 Å². The van der Waals surface area contributed by atoms with E-state index < -0.39 is 11.6 Å². The van der Waals surface area contributed by atoms with Crippen molar-refractivity contribution in [2.24, 2.45) is 11.3 Å². The first-order valence-corrected chi connectivity index (χ1v) is 6.48. The molecule has 1 aliphatic carbocycles. The molecule has 0 saturated heterocycles. The van der Waals surface area contributed by atoms with E-state index >= 15 is 0 Å². The van der Waals surface area contributed by atoms with Gasteiger partial charge in [0.15, 0.2) is 0 Å². The smallest absolute Gasteiger partial charge is 0.128 e. The Hall–Kier alpha value is -1.00. The number of hydrogen-bond acceptors (Lipinski definition) is 2. The summed E-state index contributed by atoms with van der Waals surface area (Å²) in [5.41, 5.74) is 2.92. The van der Waals surface area contributed by atoms with Gasteiger partial charge in [-0.15, -0.1) is 0 Å². The van der Waals surface area contributed by atoms with Crippen LogP contribution >= 0.6 is 0 Å². The second kappa shape index (κ2) is 5.33. The quantitative estimate of drug-likeness (QED) is 0.640. The maximum atomic E-state index is 13.9. The molecule has 100 valence electrons. The van der Waals surface area contributed by atoms with E-state index in [2.05, 4.69) is 12.3 Å². The zero-order valence-electron chi connectivity index (χ0n) is 10.7. The number of nitrogens with two attached hydrogens (primary N) is 1. The fourth-order valence-electron chi connectivity index (χ4n) is 3.05. The zero-order chi connectivity index (χ0) is 13.2. The molecule has 0 amide bonds. The molecule has 1 aliphatic rings. The summed E-state index contributed by atoms with van der Waals surface area (Å²) in [4.78, 5) is 0. The molecule has 0 aromatic heterocycles. The lowest BCUT2D eigenvalue weighted by atomic mass is 9.69. The van der Waals surface area contributed by atoms with Gasteiger partial charge in [-0.2, -0.15) is 0 Å². The van der Waals surface area contributed by atoms with Gasteiger partial charge in [-0.25, -0.2) is 8.78 Å². The molecule has 2 nitrogen and oxygen atoms in total. The van der Waals surface area contributed by atoms with E-state index in [-0.39, 0.29) is 11.5 Å². The number of benzene rings is 1. The topological polar surface area (TPSA) is 38.0 Å². The van der Waals surface area contributed by atoms with Crippen LogP contribution in [0.5, 0.6) is 0 Å². The third kappa shape index (κ3) is 2.54. The van der Waals surface area contributed by atoms with E-state index in [9.17, 15) is 8.78 Å². The van der Waals surface area contributed by atoms with Gasteiger partial charge >= 0.3 is 0 Å². The lowest BCUT2D eigenvalue weighted by Crippen LogP contribution is -2.41. The molecule has 3 N–H and O–H groups in total. The van der Waals surface area contributed by atoms with Gasteiger partial charge in [0, 0.05) is 5.56 Å². The Balaban J connectivity index is 2.35. The highest BCUT2D eigenvalue weighted by Crippen LogP contribution is 2.45. The van der Waals surface area contributed by atoms with Crippen molar-refractivity contribution in [3.8, 4) is 0 Å². The van der Waals surface area contributed by atoms with Crippen LogP contribution in [0.25, 0.3) is 0 Å². The van der Waals surface area contributed by atoms with Crippen molar-refractivity contribution in [2.45, 2.75) is 45.1 Å². The maximum absolute atomic E-state index is 13.9. The highest BCUT2D eigenvalue weighted by atomic mass is 19.1. The third-order valence-corrected chi connectivity index (χ3v) is 4.13. The van der Waals surface area contributed by atoms with Crippen molar-refractivity contribution in [3.05, 3.63) is 35.4 Å². The normalized spacial score (nSPS) is 20.7. The Labute approximate surface area is 107 Å². The number of hydrogen-bond donors (Lipinski definition) is 2. The molecule has 1 atom stereocenters. The first-order valence-electron chi connectivity index (χ1n) is 6.48. The van der Waals surface area contributed by atoms with Crippen LogP contribution in [0.3, 0.4) is 0 Å².